The summed E-state index contributed by atoms with van der Waals surface area (Å²) in [6, 6.07) is 0. The molecule has 0 bridgehead atoms. The van der Waals surface area contributed by atoms with Gasteiger partial charge in [0.1, 0.15) is 0 Å². The van der Waals surface area contributed by atoms with Gasteiger partial charge in [-0.2, -0.15) is 0 Å². The second-order valence-corrected chi connectivity index (χ2v) is 3.84. The molecule has 0 spiro atoms. The number of anilines is 1. The lowest BCUT2D eigenvalue weighted by molar-refractivity contribution is 0.594. The van der Waals surface area contributed by atoms with E-state index < -0.39 is 5.82 Å². The van der Waals surface area contributed by atoms with Crippen molar-refractivity contribution in [3.05, 3.63) is 22.7 Å². The molecule has 0 unspecified atom stereocenters. The highest BCUT2D eigenvalue weighted by molar-refractivity contribution is 6.32. The summed E-state index contributed by atoms with van der Waals surface area (Å²) in [5, 5.41) is 0.192. The van der Waals surface area contributed by atoms with Crippen LogP contribution >= 0.6 is 11.6 Å². The summed E-state index contributed by atoms with van der Waals surface area (Å²) in [7, 11) is 0. The minimum atomic E-state index is -0.445. The third kappa shape index (κ3) is 1.75. The van der Waals surface area contributed by atoms with Gasteiger partial charge in [0, 0.05) is 6.20 Å². The molecule has 1 aliphatic rings. The Kier molecular flexibility index (Phi) is 2.12. The van der Waals surface area contributed by atoms with Crippen LogP contribution in [0.3, 0.4) is 0 Å². The van der Waals surface area contributed by atoms with Crippen LogP contribution < -0.4 is 5.73 Å². The normalized spacial score (nSPS) is 16.2. The molecule has 70 valence electrons. The largest absolute Gasteiger partial charge is 0.395 e. The van der Waals surface area contributed by atoms with Crippen LogP contribution in [-0.2, 0) is 6.42 Å². The Labute approximate surface area is 80.9 Å². The highest BCUT2D eigenvalue weighted by atomic mass is 35.5. The summed E-state index contributed by atoms with van der Waals surface area (Å²) >= 11 is 5.61. The van der Waals surface area contributed by atoms with Crippen molar-refractivity contribution in [1.82, 2.24) is 4.98 Å². The number of hydrogen-bond donors (Lipinski definition) is 1. The van der Waals surface area contributed by atoms with Gasteiger partial charge in [-0.05, 0) is 25.2 Å². The monoisotopic (exact) mass is 200 g/mol. The first-order valence-electron chi connectivity index (χ1n) is 4.27. The fraction of sp³-hybridized carbons (Fsp3) is 0.444. The van der Waals surface area contributed by atoms with E-state index in [0.717, 1.165) is 0 Å². The van der Waals surface area contributed by atoms with Gasteiger partial charge >= 0.3 is 0 Å². The van der Waals surface area contributed by atoms with Gasteiger partial charge < -0.3 is 5.73 Å². The van der Waals surface area contributed by atoms with Crippen molar-refractivity contribution in [2.45, 2.75) is 19.3 Å². The Morgan fingerprint density at radius 3 is 2.92 bits per heavy atom. The van der Waals surface area contributed by atoms with E-state index in [2.05, 4.69) is 4.98 Å². The molecule has 0 saturated heterocycles. The lowest BCUT2D eigenvalue weighted by Gasteiger charge is -2.04. The topological polar surface area (TPSA) is 38.9 Å². The number of aromatic nitrogens is 1. The molecule has 1 aromatic rings. The number of pyridine rings is 1. The first-order valence-corrected chi connectivity index (χ1v) is 4.64. The van der Waals surface area contributed by atoms with Crippen molar-refractivity contribution in [3.8, 4) is 0 Å². The van der Waals surface area contributed by atoms with Crippen molar-refractivity contribution in [2.24, 2.45) is 5.92 Å². The number of halogens is 2. The molecular weight excluding hydrogens is 191 g/mol. The third-order valence-corrected chi connectivity index (χ3v) is 2.56. The minimum absolute atomic E-state index is 0.0207. The fourth-order valence-electron chi connectivity index (χ4n) is 1.26. The van der Waals surface area contributed by atoms with Crippen LogP contribution in [0.25, 0.3) is 0 Å². The molecule has 1 heterocycles. The SMILES string of the molecule is Nc1c(Cl)cnc(CC2CC2)c1F. The van der Waals surface area contributed by atoms with E-state index in [9.17, 15) is 4.39 Å². The smallest absolute Gasteiger partial charge is 0.169 e. The maximum absolute atomic E-state index is 13.4. The van der Waals surface area contributed by atoms with E-state index >= 15 is 0 Å². The zero-order valence-corrected chi connectivity index (χ0v) is 7.81. The Morgan fingerprint density at radius 1 is 1.62 bits per heavy atom. The molecule has 13 heavy (non-hydrogen) atoms. The maximum atomic E-state index is 13.4. The first-order chi connectivity index (χ1) is 6.18. The Hall–Kier alpha value is -0.830. The van der Waals surface area contributed by atoms with Gasteiger partial charge in [0.25, 0.3) is 0 Å². The second kappa shape index (κ2) is 3.14. The molecule has 2 N–H and O–H groups in total. The zero-order chi connectivity index (χ0) is 9.42. The van der Waals surface area contributed by atoms with Crippen LogP contribution in [0, 0.1) is 11.7 Å². The van der Waals surface area contributed by atoms with Crippen molar-refractivity contribution < 1.29 is 4.39 Å². The van der Waals surface area contributed by atoms with Crippen LogP contribution in [0.4, 0.5) is 10.1 Å². The molecule has 4 heteroatoms. The van der Waals surface area contributed by atoms with Crippen LogP contribution in [0.15, 0.2) is 6.20 Å². The maximum Gasteiger partial charge on any atom is 0.169 e. The van der Waals surface area contributed by atoms with Gasteiger partial charge in [0.05, 0.1) is 16.4 Å². The molecule has 1 aromatic heterocycles. The van der Waals surface area contributed by atoms with Gasteiger partial charge in [-0.3, -0.25) is 4.98 Å². The highest BCUT2D eigenvalue weighted by Crippen LogP contribution is 2.34. The molecule has 1 fully saturated rings. The van der Waals surface area contributed by atoms with Crippen molar-refractivity contribution >= 4 is 17.3 Å². The average Bonchev–Trinajstić information content (AvgIpc) is 2.90. The fourth-order valence-corrected chi connectivity index (χ4v) is 1.39. The van der Waals surface area contributed by atoms with E-state index in [1.54, 1.807) is 0 Å². The van der Waals surface area contributed by atoms with E-state index in [-0.39, 0.29) is 10.7 Å². The standard InChI is InChI=1S/C9H10ClFN2/c10-6-4-13-7(3-5-1-2-5)8(11)9(6)12/h4-5H,1-3H2,(H2,12,13). The third-order valence-electron chi connectivity index (χ3n) is 2.26. The van der Waals surface area contributed by atoms with Crippen LogP contribution in [0.2, 0.25) is 5.02 Å². The molecule has 2 nitrogen and oxygen atoms in total. The molecule has 0 aromatic carbocycles. The Bertz CT molecular complexity index is 337. The Morgan fingerprint density at radius 2 is 2.31 bits per heavy atom. The molecule has 0 amide bonds. The number of nitrogen functional groups attached to an aromatic ring is 1. The van der Waals surface area contributed by atoms with Crippen molar-refractivity contribution in [3.63, 3.8) is 0 Å². The molecular formula is C9H10ClFN2. The molecule has 1 saturated carbocycles. The number of hydrogen-bond acceptors (Lipinski definition) is 2. The first kappa shape index (κ1) is 8.75. The van der Waals surface area contributed by atoms with E-state index in [4.69, 9.17) is 17.3 Å². The highest BCUT2D eigenvalue weighted by Gasteiger charge is 2.24. The minimum Gasteiger partial charge on any atom is -0.395 e. The van der Waals surface area contributed by atoms with Crippen molar-refractivity contribution in [1.29, 1.82) is 0 Å². The predicted octanol–water partition coefficient (Wildman–Crippen LogP) is 2.41. The van der Waals surface area contributed by atoms with Gasteiger partial charge in [0.15, 0.2) is 5.82 Å². The van der Waals surface area contributed by atoms with Crippen molar-refractivity contribution in [2.75, 3.05) is 5.73 Å². The lowest BCUT2D eigenvalue weighted by atomic mass is 10.2. The summed E-state index contributed by atoms with van der Waals surface area (Å²) in [6.45, 7) is 0. The van der Waals surface area contributed by atoms with Gasteiger partial charge in [-0.1, -0.05) is 11.6 Å². The van der Waals surface area contributed by atoms with E-state index in [1.165, 1.54) is 19.0 Å². The number of rotatable bonds is 2. The number of nitrogens with two attached hydrogens (primary N) is 1. The summed E-state index contributed by atoms with van der Waals surface area (Å²) in [5.41, 5.74) is 5.90. The van der Waals surface area contributed by atoms with Crippen LogP contribution in [-0.4, -0.2) is 4.98 Å². The molecule has 0 radical (unpaired) electrons. The summed E-state index contributed by atoms with van der Waals surface area (Å²) in [4.78, 5) is 3.93. The summed E-state index contributed by atoms with van der Waals surface area (Å²) < 4.78 is 13.4. The van der Waals surface area contributed by atoms with Crippen LogP contribution in [0.5, 0.6) is 0 Å². The quantitative estimate of drug-likeness (QED) is 0.796. The molecule has 1 aliphatic carbocycles. The lowest BCUT2D eigenvalue weighted by Crippen LogP contribution is -2.01. The predicted molar refractivity (Wildman–Crippen MR) is 50.0 cm³/mol. The molecule has 0 atom stereocenters. The zero-order valence-electron chi connectivity index (χ0n) is 7.06. The summed E-state index contributed by atoms with van der Waals surface area (Å²) in [6.07, 6.45) is 4.44. The number of nitrogens with zero attached hydrogens (tertiary/aromatic N) is 1. The van der Waals surface area contributed by atoms with Crippen LogP contribution in [0.1, 0.15) is 18.5 Å². The van der Waals surface area contributed by atoms with Gasteiger partial charge in [0.2, 0.25) is 0 Å². The summed E-state index contributed by atoms with van der Waals surface area (Å²) in [5.74, 6) is 0.155. The second-order valence-electron chi connectivity index (χ2n) is 3.43. The molecule has 2 rings (SSSR count). The van der Waals surface area contributed by atoms with Gasteiger partial charge in [-0.25, -0.2) is 4.39 Å². The van der Waals surface area contributed by atoms with E-state index in [1.807, 2.05) is 0 Å². The van der Waals surface area contributed by atoms with Gasteiger partial charge in [-0.15, -0.1) is 0 Å². The molecule has 0 aliphatic heterocycles. The average molecular weight is 201 g/mol. The van der Waals surface area contributed by atoms with E-state index in [0.29, 0.717) is 18.0 Å². The Balaban J connectivity index is 2.29.